The predicted molar refractivity (Wildman–Crippen MR) is 95.6 cm³/mol. The number of hydrogen-bond acceptors (Lipinski definition) is 5. The molecule has 122 valence electrons. The van der Waals surface area contributed by atoms with Crippen LogP contribution in [0.3, 0.4) is 0 Å². The number of hydrogen-bond donors (Lipinski definition) is 2. The van der Waals surface area contributed by atoms with Crippen LogP contribution in [0.5, 0.6) is 0 Å². The molecular formula is C19H15N5O. The lowest BCUT2D eigenvalue weighted by molar-refractivity contribution is 0.102. The van der Waals surface area contributed by atoms with Crippen LogP contribution in [-0.4, -0.2) is 15.9 Å². The Bertz CT molecular complexity index is 948. The van der Waals surface area contributed by atoms with Crippen molar-refractivity contribution in [2.45, 2.75) is 6.92 Å². The second-order valence-electron chi connectivity index (χ2n) is 5.29. The number of anilines is 3. The average molecular weight is 329 g/mol. The summed E-state index contributed by atoms with van der Waals surface area (Å²) in [5, 5.41) is 15.0. The molecule has 2 N–H and O–H groups in total. The highest BCUT2D eigenvalue weighted by Gasteiger charge is 2.13. The summed E-state index contributed by atoms with van der Waals surface area (Å²) in [6, 6.07) is 20.0. The molecule has 3 aromatic rings. The fraction of sp³-hybridized carbons (Fsp3) is 0.0526. The standard InChI is InChI=1S/C19H15N5O/c1-13-21-17(11-18(22-13)23-15-8-3-2-4-9-15)19(25)24-16-10-6-5-7-14(16)12-20/h2-11H,1H3,(H,24,25)(H,21,22,23). The highest BCUT2D eigenvalue weighted by molar-refractivity contribution is 6.04. The molecular weight excluding hydrogens is 314 g/mol. The fourth-order valence-electron chi connectivity index (χ4n) is 2.29. The average Bonchev–Trinajstić information content (AvgIpc) is 2.62. The van der Waals surface area contributed by atoms with Gasteiger partial charge in [-0.15, -0.1) is 0 Å². The summed E-state index contributed by atoms with van der Waals surface area (Å²) in [6.07, 6.45) is 0. The van der Waals surface area contributed by atoms with Crippen LogP contribution in [0.1, 0.15) is 21.9 Å². The van der Waals surface area contributed by atoms with E-state index in [0.717, 1.165) is 5.69 Å². The Morgan fingerprint density at radius 2 is 1.76 bits per heavy atom. The minimum absolute atomic E-state index is 0.221. The van der Waals surface area contributed by atoms with Gasteiger partial charge in [-0.05, 0) is 31.2 Å². The zero-order chi connectivity index (χ0) is 17.6. The number of para-hydroxylation sites is 2. The van der Waals surface area contributed by atoms with Gasteiger partial charge in [-0.2, -0.15) is 5.26 Å². The van der Waals surface area contributed by atoms with E-state index in [1.807, 2.05) is 36.4 Å². The summed E-state index contributed by atoms with van der Waals surface area (Å²) in [7, 11) is 0. The maximum atomic E-state index is 12.5. The van der Waals surface area contributed by atoms with Crippen molar-refractivity contribution in [2.75, 3.05) is 10.6 Å². The van der Waals surface area contributed by atoms with Gasteiger partial charge in [0.2, 0.25) is 0 Å². The van der Waals surface area contributed by atoms with E-state index in [0.29, 0.717) is 22.9 Å². The number of carbonyl (C=O) groups is 1. The van der Waals surface area contributed by atoms with Crippen molar-refractivity contribution in [1.29, 1.82) is 5.26 Å². The van der Waals surface area contributed by atoms with Gasteiger partial charge in [-0.1, -0.05) is 30.3 Å². The Morgan fingerprint density at radius 3 is 2.52 bits per heavy atom. The third-order valence-corrected chi connectivity index (χ3v) is 3.41. The number of nitriles is 1. The molecule has 1 heterocycles. The largest absolute Gasteiger partial charge is 0.340 e. The number of aryl methyl sites for hydroxylation is 1. The van der Waals surface area contributed by atoms with Gasteiger partial charge in [-0.3, -0.25) is 4.79 Å². The highest BCUT2D eigenvalue weighted by Crippen LogP contribution is 2.17. The number of carbonyl (C=O) groups excluding carboxylic acids is 1. The normalized spacial score (nSPS) is 9.92. The van der Waals surface area contributed by atoms with Gasteiger partial charge in [0, 0.05) is 11.8 Å². The summed E-state index contributed by atoms with van der Waals surface area (Å²) in [5.41, 5.74) is 1.92. The maximum absolute atomic E-state index is 12.5. The van der Waals surface area contributed by atoms with Gasteiger partial charge in [0.1, 0.15) is 23.4 Å². The molecule has 0 unspecified atom stereocenters. The minimum Gasteiger partial charge on any atom is -0.340 e. The molecule has 3 rings (SSSR count). The topological polar surface area (TPSA) is 90.7 Å². The molecule has 25 heavy (non-hydrogen) atoms. The number of aromatic nitrogens is 2. The van der Waals surface area contributed by atoms with Gasteiger partial charge in [0.15, 0.2) is 0 Å². The number of benzene rings is 2. The zero-order valence-electron chi connectivity index (χ0n) is 13.5. The van der Waals surface area contributed by atoms with Gasteiger partial charge >= 0.3 is 0 Å². The molecule has 1 amide bonds. The molecule has 0 saturated carbocycles. The number of amides is 1. The summed E-state index contributed by atoms with van der Waals surface area (Å²) in [6.45, 7) is 1.72. The zero-order valence-corrected chi connectivity index (χ0v) is 13.5. The van der Waals surface area contributed by atoms with Crippen molar-refractivity contribution >= 4 is 23.1 Å². The smallest absolute Gasteiger partial charge is 0.274 e. The van der Waals surface area contributed by atoms with E-state index < -0.39 is 5.91 Å². The van der Waals surface area contributed by atoms with Gasteiger partial charge in [0.25, 0.3) is 5.91 Å². The summed E-state index contributed by atoms with van der Waals surface area (Å²) in [4.78, 5) is 21.0. The molecule has 0 bridgehead atoms. The van der Waals surface area contributed by atoms with Crippen LogP contribution in [0.4, 0.5) is 17.2 Å². The Labute approximate surface area is 145 Å². The fourth-order valence-corrected chi connectivity index (χ4v) is 2.29. The molecule has 2 aromatic carbocycles. The molecule has 0 aliphatic rings. The van der Waals surface area contributed by atoms with E-state index in [4.69, 9.17) is 5.26 Å². The maximum Gasteiger partial charge on any atom is 0.274 e. The summed E-state index contributed by atoms with van der Waals surface area (Å²) in [5.74, 6) is 0.598. The number of rotatable bonds is 4. The monoisotopic (exact) mass is 329 g/mol. The lowest BCUT2D eigenvalue weighted by Crippen LogP contribution is -2.16. The van der Waals surface area contributed by atoms with E-state index in [1.54, 1.807) is 37.3 Å². The number of nitrogens with zero attached hydrogens (tertiary/aromatic N) is 3. The molecule has 0 spiro atoms. The van der Waals surface area contributed by atoms with Crippen molar-refractivity contribution < 1.29 is 4.79 Å². The lowest BCUT2D eigenvalue weighted by atomic mass is 10.2. The first-order valence-electron chi connectivity index (χ1n) is 7.64. The van der Waals surface area contributed by atoms with Crippen molar-refractivity contribution in [3.8, 4) is 6.07 Å². The first-order chi connectivity index (χ1) is 12.2. The Balaban J connectivity index is 1.84. The minimum atomic E-state index is -0.399. The number of nitrogens with one attached hydrogen (secondary N) is 2. The molecule has 0 aliphatic carbocycles. The Morgan fingerprint density at radius 1 is 1.04 bits per heavy atom. The quantitative estimate of drug-likeness (QED) is 0.762. The molecule has 0 saturated heterocycles. The SMILES string of the molecule is Cc1nc(Nc2ccccc2)cc(C(=O)Nc2ccccc2C#N)n1. The summed E-state index contributed by atoms with van der Waals surface area (Å²) < 4.78 is 0. The Kier molecular flexibility index (Phi) is 4.67. The van der Waals surface area contributed by atoms with Crippen molar-refractivity contribution in [3.05, 3.63) is 77.7 Å². The lowest BCUT2D eigenvalue weighted by Gasteiger charge is -2.10. The van der Waals surface area contributed by atoms with E-state index in [1.165, 1.54) is 0 Å². The molecule has 1 aromatic heterocycles. The van der Waals surface area contributed by atoms with Crippen molar-refractivity contribution in [2.24, 2.45) is 0 Å². The highest BCUT2D eigenvalue weighted by atomic mass is 16.1. The van der Waals surface area contributed by atoms with Gasteiger partial charge in [-0.25, -0.2) is 9.97 Å². The van der Waals surface area contributed by atoms with Crippen LogP contribution in [0.15, 0.2) is 60.7 Å². The predicted octanol–water partition coefficient (Wildman–Crippen LogP) is 3.65. The second kappa shape index (κ2) is 7.23. The molecule has 0 aliphatic heterocycles. The molecule has 0 atom stereocenters. The first kappa shape index (κ1) is 16.1. The van der Waals surface area contributed by atoms with Crippen LogP contribution in [-0.2, 0) is 0 Å². The third kappa shape index (κ3) is 3.98. The van der Waals surface area contributed by atoms with Gasteiger partial charge in [0.05, 0.1) is 11.3 Å². The van der Waals surface area contributed by atoms with E-state index >= 15 is 0 Å². The van der Waals surface area contributed by atoms with Crippen molar-refractivity contribution in [1.82, 2.24) is 9.97 Å². The molecule has 0 radical (unpaired) electrons. The molecule has 6 nitrogen and oxygen atoms in total. The molecule has 6 heteroatoms. The summed E-state index contributed by atoms with van der Waals surface area (Å²) >= 11 is 0. The first-order valence-corrected chi connectivity index (χ1v) is 7.64. The van der Waals surface area contributed by atoms with Crippen LogP contribution in [0, 0.1) is 18.3 Å². The van der Waals surface area contributed by atoms with Gasteiger partial charge < -0.3 is 10.6 Å². The Hall–Kier alpha value is -3.72. The molecule has 0 fully saturated rings. The van der Waals surface area contributed by atoms with Crippen LogP contribution in [0.25, 0.3) is 0 Å². The van der Waals surface area contributed by atoms with E-state index in [-0.39, 0.29) is 5.69 Å². The van der Waals surface area contributed by atoms with E-state index in [9.17, 15) is 4.79 Å². The van der Waals surface area contributed by atoms with E-state index in [2.05, 4.69) is 20.6 Å². The van der Waals surface area contributed by atoms with Crippen LogP contribution < -0.4 is 10.6 Å². The van der Waals surface area contributed by atoms with Crippen LogP contribution >= 0.6 is 0 Å². The third-order valence-electron chi connectivity index (χ3n) is 3.41. The second-order valence-corrected chi connectivity index (χ2v) is 5.29. The van der Waals surface area contributed by atoms with Crippen LogP contribution in [0.2, 0.25) is 0 Å². The van der Waals surface area contributed by atoms with Crippen molar-refractivity contribution in [3.63, 3.8) is 0 Å².